The van der Waals surface area contributed by atoms with Gasteiger partial charge in [-0.25, -0.2) is 9.78 Å². The van der Waals surface area contributed by atoms with Crippen molar-refractivity contribution in [1.82, 2.24) is 14.5 Å². The van der Waals surface area contributed by atoms with Gasteiger partial charge in [-0.3, -0.25) is 4.90 Å². The molecule has 0 saturated heterocycles. The molecule has 0 bridgehead atoms. The first-order valence-electron chi connectivity index (χ1n) is 8.38. The lowest BCUT2D eigenvalue weighted by Gasteiger charge is -2.33. The summed E-state index contributed by atoms with van der Waals surface area (Å²) in [6.45, 7) is 0.413. The summed E-state index contributed by atoms with van der Waals surface area (Å²) in [6.07, 6.45) is 1.87. The Morgan fingerprint density at radius 3 is 2.67 bits per heavy atom. The number of halogens is 1. The zero-order chi connectivity index (χ0) is 18.3. The first-order valence-corrected chi connectivity index (χ1v) is 8.38. The lowest BCUT2D eigenvalue weighted by atomic mass is 10.1. The topological polar surface area (TPSA) is 50.6 Å². The number of ether oxygens (including phenoxy) is 1. The summed E-state index contributed by atoms with van der Waals surface area (Å²) < 4.78 is 7.40. The Balaban J connectivity index is 0.00000210. The molecule has 0 N–H and O–H groups in total. The SMILES string of the molecule is COc1cccc(-c2ncc3n2CN(C(=O)N(C)C)c2ccccc2-3)c1.Cl. The highest BCUT2D eigenvalue weighted by Gasteiger charge is 2.29. The van der Waals surface area contributed by atoms with Gasteiger partial charge >= 0.3 is 6.03 Å². The number of amides is 2. The molecule has 0 atom stereocenters. The van der Waals surface area contributed by atoms with Gasteiger partial charge in [0.15, 0.2) is 0 Å². The monoisotopic (exact) mass is 384 g/mol. The first kappa shape index (κ1) is 18.8. The van der Waals surface area contributed by atoms with Crippen molar-refractivity contribution in [1.29, 1.82) is 0 Å². The largest absolute Gasteiger partial charge is 0.497 e. The molecule has 0 aliphatic carbocycles. The summed E-state index contributed by atoms with van der Waals surface area (Å²) in [5.41, 5.74) is 3.85. The number of methoxy groups -OCH3 is 1. The van der Waals surface area contributed by atoms with Crippen molar-refractivity contribution in [2.75, 3.05) is 26.1 Å². The lowest BCUT2D eigenvalue weighted by molar-refractivity contribution is 0.222. The predicted molar refractivity (Wildman–Crippen MR) is 108 cm³/mol. The number of fused-ring (bicyclic) bond motifs is 3. The smallest absolute Gasteiger partial charge is 0.325 e. The highest BCUT2D eigenvalue weighted by Crippen LogP contribution is 2.38. The second-order valence-electron chi connectivity index (χ2n) is 6.39. The molecule has 4 rings (SSSR count). The number of anilines is 1. The van der Waals surface area contributed by atoms with Gasteiger partial charge in [-0.05, 0) is 18.2 Å². The Bertz CT molecular complexity index is 984. The molecule has 0 unspecified atom stereocenters. The second-order valence-corrected chi connectivity index (χ2v) is 6.39. The maximum Gasteiger partial charge on any atom is 0.325 e. The van der Waals surface area contributed by atoms with Gasteiger partial charge in [-0.15, -0.1) is 12.4 Å². The average Bonchev–Trinajstić information content (AvgIpc) is 3.11. The fraction of sp³-hybridized carbons (Fsp3) is 0.200. The van der Waals surface area contributed by atoms with E-state index in [2.05, 4.69) is 9.55 Å². The van der Waals surface area contributed by atoms with E-state index >= 15 is 0 Å². The molecule has 2 heterocycles. The Kier molecular flexibility index (Phi) is 5.10. The van der Waals surface area contributed by atoms with Crippen molar-refractivity contribution < 1.29 is 9.53 Å². The molecule has 1 aliphatic heterocycles. The molecule has 1 aromatic heterocycles. The third-order valence-electron chi connectivity index (χ3n) is 4.55. The van der Waals surface area contributed by atoms with Crippen molar-refractivity contribution in [2.24, 2.45) is 0 Å². The van der Waals surface area contributed by atoms with Gasteiger partial charge in [0.2, 0.25) is 0 Å². The van der Waals surface area contributed by atoms with Crippen molar-refractivity contribution in [3.8, 4) is 28.4 Å². The molecule has 2 amide bonds. The van der Waals surface area contributed by atoms with Gasteiger partial charge in [0.1, 0.15) is 18.2 Å². The minimum Gasteiger partial charge on any atom is -0.497 e. The van der Waals surface area contributed by atoms with E-state index in [4.69, 9.17) is 4.74 Å². The number of urea groups is 1. The van der Waals surface area contributed by atoms with Crippen molar-refractivity contribution in [3.63, 3.8) is 0 Å². The van der Waals surface area contributed by atoms with E-state index in [1.807, 2.05) is 54.7 Å². The number of hydrogen-bond donors (Lipinski definition) is 0. The summed E-state index contributed by atoms with van der Waals surface area (Å²) in [6, 6.07) is 15.6. The Morgan fingerprint density at radius 1 is 1.15 bits per heavy atom. The van der Waals surface area contributed by atoms with E-state index in [0.717, 1.165) is 34.1 Å². The van der Waals surface area contributed by atoms with Crippen molar-refractivity contribution in [2.45, 2.75) is 6.67 Å². The fourth-order valence-corrected chi connectivity index (χ4v) is 3.27. The normalized spacial score (nSPS) is 11.9. The number of imidazole rings is 1. The van der Waals surface area contributed by atoms with Gasteiger partial charge in [0.05, 0.1) is 24.7 Å². The number of carbonyl (C=O) groups is 1. The van der Waals surface area contributed by atoms with Crippen LogP contribution in [0.3, 0.4) is 0 Å². The standard InChI is InChI=1S/C20H20N4O2.ClH/c1-22(2)20(25)24-13-23-18(16-9-4-5-10-17(16)24)12-21-19(23)14-7-6-8-15(11-14)26-3;/h4-12H,13H2,1-3H3;1H. The van der Waals surface area contributed by atoms with E-state index in [1.54, 1.807) is 31.0 Å². The molecule has 0 radical (unpaired) electrons. The van der Waals surface area contributed by atoms with Gasteiger partial charge in [0, 0.05) is 25.2 Å². The summed E-state index contributed by atoms with van der Waals surface area (Å²) in [5.74, 6) is 1.59. The predicted octanol–water partition coefficient (Wildman–Crippen LogP) is 4.11. The summed E-state index contributed by atoms with van der Waals surface area (Å²) in [5, 5.41) is 0. The lowest BCUT2D eigenvalue weighted by Crippen LogP contribution is -2.42. The molecule has 3 aromatic rings. The van der Waals surface area contributed by atoms with Crippen LogP contribution in [0.5, 0.6) is 5.75 Å². The number of hydrogen-bond acceptors (Lipinski definition) is 3. The van der Waals surface area contributed by atoms with Crippen LogP contribution in [-0.2, 0) is 6.67 Å². The Morgan fingerprint density at radius 2 is 1.93 bits per heavy atom. The van der Waals surface area contributed by atoms with Crippen LogP contribution >= 0.6 is 12.4 Å². The highest BCUT2D eigenvalue weighted by atomic mass is 35.5. The number of aromatic nitrogens is 2. The number of para-hydroxylation sites is 1. The maximum absolute atomic E-state index is 12.7. The molecular weight excluding hydrogens is 364 g/mol. The van der Waals surface area contributed by atoms with E-state index in [0.29, 0.717) is 6.67 Å². The molecule has 6 nitrogen and oxygen atoms in total. The number of rotatable bonds is 2. The van der Waals surface area contributed by atoms with Crippen molar-refractivity contribution in [3.05, 3.63) is 54.7 Å². The molecule has 1 aliphatic rings. The molecule has 27 heavy (non-hydrogen) atoms. The van der Waals surface area contributed by atoms with E-state index in [-0.39, 0.29) is 18.4 Å². The van der Waals surface area contributed by atoms with Crippen LogP contribution in [-0.4, -0.2) is 41.7 Å². The fourth-order valence-electron chi connectivity index (χ4n) is 3.27. The van der Waals surface area contributed by atoms with Crippen LogP contribution in [0, 0.1) is 0 Å². The van der Waals surface area contributed by atoms with Gasteiger partial charge in [0.25, 0.3) is 0 Å². The average molecular weight is 385 g/mol. The molecule has 7 heteroatoms. The Labute approximate surface area is 164 Å². The first-order chi connectivity index (χ1) is 12.6. The van der Waals surface area contributed by atoms with Gasteiger partial charge in [-0.2, -0.15) is 0 Å². The van der Waals surface area contributed by atoms with Crippen molar-refractivity contribution >= 4 is 24.1 Å². The zero-order valence-corrected chi connectivity index (χ0v) is 16.2. The molecule has 0 fully saturated rings. The minimum atomic E-state index is -0.0617. The van der Waals surface area contributed by atoms with Crippen LogP contribution in [0.4, 0.5) is 10.5 Å². The van der Waals surface area contributed by atoms with Crippen LogP contribution in [0.1, 0.15) is 0 Å². The molecule has 2 aromatic carbocycles. The quantitative estimate of drug-likeness (QED) is 0.668. The number of carbonyl (C=O) groups excluding carboxylic acids is 1. The third-order valence-corrected chi connectivity index (χ3v) is 4.55. The minimum absolute atomic E-state index is 0. The maximum atomic E-state index is 12.7. The zero-order valence-electron chi connectivity index (χ0n) is 15.4. The second kappa shape index (κ2) is 7.32. The summed E-state index contributed by atoms with van der Waals surface area (Å²) in [7, 11) is 5.17. The van der Waals surface area contributed by atoms with E-state index in [9.17, 15) is 4.79 Å². The van der Waals surface area contributed by atoms with E-state index in [1.165, 1.54) is 0 Å². The van der Waals surface area contributed by atoms with Crippen LogP contribution in [0.15, 0.2) is 54.7 Å². The Hall–Kier alpha value is -2.99. The highest BCUT2D eigenvalue weighted by molar-refractivity contribution is 5.97. The molecule has 140 valence electrons. The van der Waals surface area contributed by atoms with Crippen LogP contribution in [0.25, 0.3) is 22.6 Å². The van der Waals surface area contributed by atoms with Crippen LogP contribution in [0.2, 0.25) is 0 Å². The van der Waals surface area contributed by atoms with Gasteiger partial charge < -0.3 is 14.2 Å². The summed E-state index contributed by atoms with van der Waals surface area (Å²) >= 11 is 0. The van der Waals surface area contributed by atoms with E-state index < -0.39 is 0 Å². The number of nitrogens with zero attached hydrogens (tertiary/aromatic N) is 4. The third kappa shape index (κ3) is 3.13. The summed E-state index contributed by atoms with van der Waals surface area (Å²) in [4.78, 5) is 20.7. The molecule has 0 saturated carbocycles. The molecule has 0 spiro atoms. The molecular formula is C20H21ClN4O2. The van der Waals surface area contributed by atoms with Gasteiger partial charge in [-0.1, -0.05) is 30.3 Å². The van der Waals surface area contributed by atoms with Crippen LogP contribution < -0.4 is 9.64 Å². The number of benzene rings is 2.